The molecule has 0 unspecified atom stereocenters. The van der Waals surface area contributed by atoms with E-state index in [0.29, 0.717) is 0 Å². The van der Waals surface area contributed by atoms with E-state index in [4.69, 9.17) is 0 Å². The molecule has 8 nitrogen and oxygen atoms in total. The second-order valence-corrected chi connectivity index (χ2v) is 4.73. The van der Waals surface area contributed by atoms with Gasteiger partial charge in [0.15, 0.2) is 0 Å². The van der Waals surface area contributed by atoms with E-state index in [1.54, 1.807) is 0 Å². The fraction of sp³-hybridized carbons (Fsp3) is 0.143. The van der Waals surface area contributed by atoms with Crippen molar-refractivity contribution in [3.63, 3.8) is 0 Å². The van der Waals surface area contributed by atoms with E-state index in [2.05, 4.69) is 10.1 Å². The van der Waals surface area contributed by atoms with Gasteiger partial charge >= 0.3 is 6.36 Å². The molecule has 1 heterocycles. The van der Waals surface area contributed by atoms with Crippen molar-refractivity contribution in [2.75, 3.05) is 5.32 Å². The van der Waals surface area contributed by atoms with E-state index in [9.17, 15) is 32.9 Å². The molecule has 132 valence electrons. The third-order valence-corrected chi connectivity index (χ3v) is 2.86. The van der Waals surface area contributed by atoms with Gasteiger partial charge in [-0.1, -0.05) is 0 Å². The Kier molecular flexibility index (Phi) is 5.05. The standard InChI is InChI=1S/C14H10F3N3O5/c15-14(16,17)25-11-4-1-9(2-5-11)18-12(21)8-19-7-10(20(23)24)3-6-13(19)22/h1-7H,8H2,(H,18,21). The van der Waals surface area contributed by atoms with Gasteiger partial charge in [0, 0.05) is 17.8 Å². The van der Waals surface area contributed by atoms with E-state index in [1.165, 1.54) is 12.1 Å². The van der Waals surface area contributed by atoms with Crippen molar-refractivity contribution in [2.45, 2.75) is 12.9 Å². The number of rotatable bonds is 5. The molecule has 1 N–H and O–H groups in total. The van der Waals surface area contributed by atoms with Gasteiger partial charge in [-0.3, -0.25) is 24.3 Å². The number of hydrogen-bond donors (Lipinski definition) is 1. The average molecular weight is 357 g/mol. The van der Waals surface area contributed by atoms with Crippen LogP contribution in [0.2, 0.25) is 0 Å². The predicted octanol–water partition coefficient (Wildman–Crippen LogP) is 2.29. The summed E-state index contributed by atoms with van der Waals surface area (Å²) in [5.74, 6) is -1.15. The highest BCUT2D eigenvalue weighted by atomic mass is 19.4. The third-order valence-electron chi connectivity index (χ3n) is 2.86. The minimum absolute atomic E-state index is 0.165. The zero-order valence-corrected chi connectivity index (χ0v) is 12.3. The first-order chi connectivity index (χ1) is 11.6. The molecule has 0 aliphatic rings. The lowest BCUT2D eigenvalue weighted by Gasteiger charge is -2.10. The number of carbonyl (C=O) groups is 1. The topological polar surface area (TPSA) is 103 Å². The summed E-state index contributed by atoms with van der Waals surface area (Å²) in [4.78, 5) is 33.4. The first-order valence-corrected chi connectivity index (χ1v) is 6.64. The SMILES string of the molecule is O=C(Cn1cc([N+](=O)[O-])ccc1=O)Nc1ccc(OC(F)(F)F)cc1. The van der Waals surface area contributed by atoms with Crippen molar-refractivity contribution < 1.29 is 27.6 Å². The number of halogens is 3. The Morgan fingerprint density at radius 2 is 1.84 bits per heavy atom. The number of nitro groups is 1. The van der Waals surface area contributed by atoms with Crippen LogP contribution < -0.4 is 15.6 Å². The van der Waals surface area contributed by atoms with Gasteiger partial charge in [-0.15, -0.1) is 13.2 Å². The van der Waals surface area contributed by atoms with Crippen LogP contribution >= 0.6 is 0 Å². The second-order valence-electron chi connectivity index (χ2n) is 4.73. The van der Waals surface area contributed by atoms with Crippen LogP contribution in [-0.4, -0.2) is 21.8 Å². The molecular formula is C14H10F3N3O5. The Bertz CT molecular complexity index is 846. The van der Waals surface area contributed by atoms with Gasteiger partial charge in [0.2, 0.25) is 5.91 Å². The summed E-state index contributed by atoms with van der Waals surface area (Å²) in [6.45, 7) is -0.499. The molecule has 0 spiro atoms. The zero-order chi connectivity index (χ0) is 18.6. The predicted molar refractivity (Wildman–Crippen MR) is 79.1 cm³/mol. The molecule has 0 saturated heterocycles. The lowest BCUT2D eigenvalue weighted by molar-refractivity contribution is -0.385. The van der Waals surface area contributed by atoms with Crippen molar-refractivity contribution in [3.8, 4) is 5.75 Å². The van der Waals surface area contributed by atoms with E-state index >= 15 is 0 Å². The summed E-state index contributed by atoms with van der Waals surface area (Å²) in [6.07, 6.45) is -3.91. The van der Waals surface area contributed by atoms with Gasteiger partial charge < -0.3 is 10.1 Å². The van der Waals surface area contributed by atoms with Crippen molar-refractivity contribution in [1.29, 1.82) is 0 Å². The summed E-state index contributed by atoms with van der Waals surface area (Å²) in [5, 5.41) is 13.0. The molecule has 2 rings (SSSR count). The number of hydrogen-bond acceptors (Lipinski definition) is 5. The van der Waals surface area contributed by atoms with E-state index in [1.807, 2.05) is 0 Å². The van der Waals surface area contributed by atoms with Crippen molar-refractivity contribution in [3.05, 3.63) is 63.1 Å². The number of benzene rings is 1. The molecule has 0 aliphatic heterocycles. The van der Waals surface area contributed by atoms with Crippen LogP contribution in [0.3, 0.4) is 0 Å². The number of aromatic nitrogens is 1. The maximum Gasteiger partial charge on any atom is 0.573 e. The number of nitrogens with one attached hydrogen (secondary N) is 1. The number of pyridine rings is 1. The monoisotopic (exact) mass is 357 g/mol. The maximum atomic E-state index is 12.0. The number of ether oxygens (including phenoxy) is 1. The molecule has 11 heteroatoms. The van der Waals surface area contributed by atoms with Gasteiger partial charge in [0.25, 0.3) is 11.2 Å². The molecule has 1 aromatic heterocycles. The molecule has 0 atom stereocenters. The number of anilines is 1. The lowest BCUT2D eigenvalue weighted by Crippen LogP contribution is -2.27. The Morgan fingerprint density at radius 3 is 2.40 bits per heavy atom. The van der Waals surface area contributed by atoms with E-state index < -0.39 is 35.0 Å². The molecule has 0 radical (unpaired) electrons. The fourth-order valence-corrected chi connectivity index (χ4v) is 1.85. The maximum absolute atomic E-state index is 12.0. The Labute approximate surface area is 137 Å². The number of amides is 1. The van der Waals surface area contributed by atoms with E-state index in [0.717, 1.165) is 35.0 Å². The van der Waals surface area contributed by atoms with Gasteiger partial charge in [-0.25, -0.2) is 0 Å². The number of alkyl halides is 3. The Morgan fingerprint density at radius 1 is 1.20 bits per heavy atom. The van der Waals surface area contributed by atoms with E-state index in [-0.39, 0.29) is 11.4 Å². The third kappa shape index (κ3) is 5.34. The van der Waals surface area contributed by atoms with Crippen LogP contribution in [0.25, 0.3) is 0 Å². The van der Waals surface area contributed by atoms with Crippen LogP contribution in [0.5, 0.6) is 5.75 Å². The van der Waals surface area contributed by atoms with Crippen LogP contribution in [0, 0.1) is 10.1 Å². The summed E-state index contributed by atoms with van der Waals surface area (Å²) >= 11 is 0. The normalized spacial score (nSPS) is 11.0. The van der Waals surface area contributed by atoms with Gasteiger partial charge in [-0.05, 0) is 24.3 Å². The molecular weight excluding hydrogens is 347 g/mol. The minimum Gasteiger partial charge on any atom is -0.406 e. The highest BCUT2D eigenvalue weighted by Crippen LogP contribution is 2.23. The summed E-state index contributed by atoms with van der Waals surface area (Å²) in [6, 6.07) is 6.32. The zero-order valence-electron chi connectivity index (χ0n) is 12.3. The van der Waals surface area contributed by atoms with Crippen molar-refractivity contribution >= 4 is 17.3 Å². The molecule has 1 amide bonds. The first-order valence-electron chi connectivity index (χ1n) is 6.64. The Balaban J connectivity index is 2.04. The Hall–Kier alpha value is -3.37. The smallest absolute Gasteiger partial charge is 0.406 e. The highest BCUT2D eigenvalue weighted by molar-refractivity contribution is 5.90. The number of carbonyl (C=O) groups excluding carboxylic acids is 1. The van der Waals surface area contributed by atoms with Crippen LogP contribution in [0.4, 0.5) is 24.5 Å². The summed E-state index contributed by atoms with van der Waals surface area (Å²) in [7, 11) is 0. The average Bonchev–Trinajstić information content (AvgIpc) is 2.49. The summed E-state index contributed by atoms with van der Waals surface area (Å²) in [5.41, 5.74) is -0.811. The van der Waals surface area contributed by atoms with Crippen molar-refractivity contribution in [2.24, 2.45) is 0 Å². The molecule has 2 aromatic rings. The summed E-state index contributed by atoms with van der Waals surface area (Å²) < 4.78 is 40.7. The highest BCUT2D eigenvalue weighted by Gasteiger charge is 2.30. The second kappa shape index (κ2) is 7.03. The molecule has 0 saturated carbocycles. The van der Waals surface area contributed by atoms with Crippen molar-refractivity contribution in [1.82, 2.24) is 4.57 Å². The fourth-order valence-electron chi connectivity index (χ4n) is 1.85. The first kappa shape index (κ1) is 18.0. The molecule has 1 aromatic carbocycles. The quantitative estimate of drug-likeness (QED) is 0.653. The molecule has 25 heavy (non-hydrogen) atoms. The largest absolute Gasteiger partial charge is 0.573 e. The van der Waals surface area contributed by atoms with Gasteiger partial charge in [-0.2, -0.15) is 0 Å². The van der Waals surface area contributed by atoms with Gasteiger partial charge in [0.1, 0.15) is 12.3 Å². The molecule has 0 bridgehead atoms. The van der Waals surface area contributed by atoms with Crippen LogP contribution in [-0.2, 0) is 11.3 Å². The number of nitrogens with zero attached hydrogens (tertiary/aromatic N) is 2. The van der Waals surface area contributed by atoms with Crippen LogP contribution in [0.15, 0.2) is 47.4 Å². The van der Waals surface area contributed by atoms with Gasteiger partial charge in [0.05, 0.1) is 11.1 Å². The minimum atomic E-state index is -4.83. The molecule has 0 aliphatic carbocycles. The van der Waals surface area contributed by atoms with Crippen LogP contribution in [0.1, 0.15) is 0 Å². The molecule has 0 fully saturated rings. The lowest BCUT2D eigenvalue weighted by atomic mass is 10.3.